The number of hydrogen-bond donors (Lipinski definition) is 0. The van der Waals surface area contributed by atoms with Gasteiger partial charge in [-0.1, -0.05) is 174 Å². The van der Waals surface area contributed by atoms with Crippen molar-refractivity contribution in [1.82, 2.24) is 4.57 Å². The Morgan fingerprint density at radius 2 is 0.838 bits per heavy atom. The Morgan fingerprint density at radius 1 is 0.375 bits per heavy atom. The molecule has 1 aromatic heterocycles. The van der Waals surface area contributed by atoms with Crippen molar-refractivity contribution in [2.45, 2.75) is 39.8 Å². The normalized spacial score (nSPS) is 12.1. The third-order valence-electron chi connectivity index (χ3n) is 16.0. The molecule has 1 aliphatic rings. The van der Waals surface area contributed by atoms with Gasteiger partial charge >= 0.3 is 6.18 Å². The summed E-state index contributed by atoms with van der Waals surface area (Å²) in [6.07, 6.45) is -4.66. The Morgan fingerprint density at radius 3 is 1.30 bits per heavy atom. The molecule has 6 heteroatoms. The van der Waals surface area contributed by atoms with Gasteiger partial charge in [-0.25, -0.2) is 0 Å². The summed E-state index contributed by atoms with van der Waals surface area (Å²) in [7, 11) is 0. The van der Waals surface area contributed by atoms with Crippen LogP contribution >= 0.6 is 0 Å². The molecule has 0 atom stereocenters. The minimum atomic E-state index is -4.66. The first-order chi connectivity index (χ1) is 38.8. The molecular weight excluding hydrogens is 988 g/mol. The topological polar surface area (TPSA) is 52.5 Å². The number of nitrogens with zero attached hydrogens (tertiary/aromatic N) is 3. The Kier molecular flexibility index (Phi) is 12.1. The number of halogens is 3. The molecular formula is C74H50F3N3. The Balaban J connectivity index is 1.08. The number of fused-ring (bicyclic) bond motifs is 6. The minimum absolute atomic E-state index is 0.111. The van der Waals surface area contributed by atoms with E-state index in [0.717, 1.165) is 123 Å². The fraction of sp³-hybridized carbons (Fsp3) is 0.0811. The fourth-order valence-corrected chi connectivity index (χ4v) is 12.2. The van der Waals surface area contributed by atoms with Crippen LogP contribution in [0.4, 0.5) is 13.2 Å². The number of hydrogen-bond acceptors (Lipinski definition) is 2. The van der Waals surface area contributed by atoms with E-state index in [2.05, 4.69) is 226 Å². The maximum Gasteiger partial charge on any atom is 0.416 e. The van der Waals surface area contributed by atoms with Gasteiger partial charge in [-0.05, 0) is 184 Å². The number of rotatable bonds is 8. The molecule has 0 spiro atoms. The summed E-state index contributed by atoms with van der Waals surface area (Å²) < 4.78 is 45.5. The highest BCUT2D eigenvalue weighted by molar-refractivity contribution is 6.12. The second kappa shape index (κ2) is 19.5. The molecule has 0 fully saturated rings. The van der Waals surface area contributed by atoms with Gasteiger partial charge in [0.1, 0.15) is 0 Å². The first-order valence-electron chi connectivity index (χ1n) is 26.8. The van der Waals surface area contributed by atoms with Crippen LogP contribution in [0.15, 0.2) is 224 Å². The summed E-state index contributed by atoms with van der Waals surface area (Å²) >= 11 is 0. The molecule has 13 rings (SSSR count). The molecule has 11 aromatic carbocycles. The van der Waals surface area contributed by atoms with Crippen LogP contribution in [-0.2, 0) is 6.18 Å². The monoisotopic (exact) mass is 1040 g/mol. The van der Waals surface area contributed by atoms with E-state index in [9.17, 15) is 23.7 Å². The summed E-state index contributed by atoms with van der Waals surface area (Å²) in [6, 6.07) is 80.3. The van der Waals surface area contributed by atoms with E-state index in [4.69, 9.17) is 0 Å². The molecule has 0 aliphatic heterocycles. The zero-order chi connectivity index (χ0) is 55.0. The van der Waals surface area contributed by atoms with Gasteiger partial charge in [0, 0.05) is 27.8 Å². The summed E-state index contributed by atoms with van der Waals surface area (Å²) in [4.78, 5) is 0. The predicted octanol–water partition coefficient (Wildman–Crippen LogP) is 19.9. The first-order valence-corrected chi connectivity index (χ1v) is 26.8. The van der Waals surface area contributed by atoms with Gasteiger partial charge in [0.05, 0.1) is 45.5 Å². The maximum absolute atomic E-state index is 14.4. The number of nitriles is 2. The zero-order valence-electron chi connectivity index (χ0n) is 44.4. The molecule has 0 bridgehead atoms. The summed E-state index contributed by atoms with van der Waals surface area (Å²) in [5.41, 5.74) is 23.1. The van der Waals surface area contributed by atoms with Crippen LogP contribution in [0.5, 0.6) is 0 Å². The average Bonchev–Trinajstić information content (AvgIpc) is 4.19. The number of aromatic nitrogens is 1. The van der Waals surface area contributed by atoms with Crippen LogP contribution in [0.25, 0.3) is 105 Å². The lowest BCUT2D eigenvalue weighted by molar-refractivity contribution is -0.137. The second-order valence-electron chi connectivity index (χ2n) is 21.3. The zero-order valence-corrected chi connectivity index (χ0v) is 44.4. The first kappa shape index (κ1) is 49.6. The van der Waals surface area contributed by atoms with Crippen molar-refractivity contribution in [2.24, 2.45) is 0 Å². The van der Waals surface area contributed by atoms with Gasteiger partial charge in [-0.2, -0.15) is 23.7 Å². The van der Waals surface area contributed by atoms with Gasteiger partial charge in [0.2, 0.25) is 0 Å². The van der Waals surface area contributed by atoms with Gasteiger partial charge in [-0.3, -0.25) is 0 Å². The van der Waals surface area contributed by atoms with Crippen molar-refractivity contribution >= 4 is 21.8 Å². The van der Waals surface area contributed by atoms with E-state index < -0.39 is 11.7 Å². The van der Waals surface area contributed by atoms with Crippen molar-refractivity contribution in [3.05, 3.63) is 280 Å². The third kappa shape index (κ3) is 8.73. The van der Waals surface area contributed by atoms with Crippen LogP contribution in [0, 0.1) is 50.4 Å². The fourth-order valence-electron chi connectivity index (χ4n) is 12.2. The Hall–Kier alpha value is -10.0. The molecule has 382 valence electrons. The number of aryl methyl sites for hydroxylation is 4. The van der Waals surface area contributed by atoms with Gasteiger partial charge in [0.25, 0.3) is 0 Å². The van der Waals surface area contributed by atoms with Crippen molar-refractivity contribution in [2.75, 3.05) is 0 Å². The Bertz CT molecular complexity index is 4420. The van der Waals surface area contributed by atoms with E-state index in [1.807, 2.05) is 24.3 Å². The highest BCUT2D eigenvalue weighted by Crippen LogP contribution is 2.52. The molecule has 0 saturated heterocycles. The van der Waals surface area contributed by atoms with E-state index >= 15 is 0 Å². The summed E-state index contributed by atoms with van der Waals surface area (Å²) in [6.45, 7) is 8.39. The number of benzene rings is 11. The van der Waals surface area contributed by atoms with Gasteiger partial charge < -0.3 is 4.57 Å². The van der Waals surface area contributed by atoms with Crippen molar-refractivity contribution in [1.29, 1.82) is 10.5 Å². The average molecular weight is 1040 g/mol. The van der Waals surface area contributed by atoms with Crippen LogP contribution in [-0.4, -0.2) is 4.57 Å². The predicted molar refractivity (Wildman–Crippen MR) is 320 cm³/mol. The largest absolute Gasteiger partial charge is 0.416 e. The SMILES string of the molecule is Cc1cccc(-c2ccc3c(c2)-c2cc(-c4cccc(C)c4)ccc2C3c2ccc(-c3ccc(C(F)(F)F)cc3C#N)c(-c3cc(C#N)ccc3-n3c4ccc(-c5cccc(C)c5)cc4c4cc(-c5cccc(C)c5)ccc43)c2)c1. The van der Waals surface area contributed by atoms with E-state index in [1.165, 1.54) is 17.2 Å². The van der Waals surface area contributed by atoms with Crippen LogP contribution in [0.1, 0.15) is 61.6 Å². The van der Waals surface area contributed by atoms with Crippen LogP contribution < -0.4 is 0 Å². The highest BCUT2D eigenvalue weighted by atomic mass is 19.4. The van der Waals surface area contributed by atoms with Gasteiger partial charge in [-0.15, -0.1) is 0 Å². The minimum Gasteiger partial charge on any atom is -0.309 e. The van der Waals surface area contributed by atoms with E-state index in [1.54, 1.807) is 0 Å². The maximum atomic E-state index is 14.4. The molecule has 0 radical (unpaired) electrons. The van der Waals surface area contributed by atoms with Crippen LogP contribution in [0.2, 0.25) is 0 Å². The molecule has 1 aliphatic carbocycles. The second-order valence-corrected chi connectivity index (χ2v) is 21.3. The molecule has 1 heterocycles. The Labute approximate surface area is 463 Å². The van der Waals surface area contributed by atoms with Crippen molar-refractivity contribution < 1.29 is 13.2 Å². The molecule has 0 amide bonds. The summed E-state index contributed by atoms with van der Waals surface area (Å²) in [5, 5.41) is 23.5. The molecule has 3 nitrogen and oxygen atoms in total. The lowest BCUT2D eigenvalue weighted by Crippen LogP contribution is -2.06. The molecule has 80 heavy (non-hydrogen) atoms. The standard InChI is InChI=1S/C74H50F3N3/c1-44-9-5-13-49(31-44)53-18-25-62-65(37-53)66-38-54(50-14-6-10-45(2)32-50)19-26-63(66)73(62)57-20-24-61(60-27-23-59(74(75,76)77)36-58(60)43-79)64(41-57)67-35-48(42-78)17-28-70(67)80-71-29-21-55(51-15-7-11-46(3)33-51)39-68(71)69-40-56(22-30-72(69)80)52-16-8-12-47(4)34-52/h5-41,73H,1-4H3. The molecule has 0 unspecified atom stereocenters. The van der Waals surface area contributed by atoms with Crippen molar-refractivity contribution in [3.8, 4) is 95.7 Å². The molecule has 0 N–H and O–H groups in total. The lowest BCUT2D eigenvalue weighted by Gasteiger charge is -2.22. The molecule has 12 aromatic rings. The number of alkyl halides is 3. The smallest absolute Gasteiger partial charge is 0.309 e. The van der Waals surface area contributed by atoms with E-state index in [0.29, 0.717) is 27.8 Å². The third-order valence-corrected chi connectivity index (χ3v) is 16.0. The van der Waals surface area contributed by atoms with Gasteiger partial charge in [0.15, 0.2) is 0 Å². The lowest BCUT2D eigenvalue weighted by atomic mass is 9.83. The quantitative estimate of drug-likeness (QED) is 0.152. The molecule has 0 saturated carbocycles. The summed E-state index contributed by atoms with van der Waals surface area (Å²) in [5.74, 6) is -0.259. The highest BCUT2D eigenvalue weighted by Gasteiger charge is 2.34. The van der Waals surface area contributed by atoms with Crippen LogP contribution in [0.3, 0.4) is 0 Å². The van der Waals surface area contributed by atoms with Crippen molar-refractivity contribution in [3.63, 3.8) is 0 Å². The van der Waals surface area contributed by atoms with E-state index in [-0.39, 0.29) is 11.5 Å².